The molecule has 0 aliphatic heterocycles. The summed E-state index contributed by atoms with van der Waals surface area (Å²) in [7, 11) is 0. The summed E-state index contributed by atoms with van der Waals surface area (Å²) in [5.41, 5.74) is 0.696. The molecular weight excluding hydrogens is 268 g/mol. The first kappa shape index (κ1) is 18.0. The number of ketones is 1. The van der Waals surface area contributed by atoms with Crippen LogP contribution in [0.15, 0.2) is 0 Å². The highest BCUT2D eigenvalue weighted by molar-refractivity contribution is 5.79. The summed E-state index contributed by atoms with van der Waals surface area (Å²) in [6.07, 6.45) is 9.54. The van der Waals surface area contributed by atoms with Gasteiger partial charge in [0, 0.05) is 12.8 Å². The van der Waals surface area contributed by atoms with E-state index in [0.29, 0.717) is 40.3 Å². The topological polar surface area (TPSA) is 17.1 Å². The first-order valence-electron chi connectivity index (χ1n) is 9.65. The van der Waals surface area contributed by atoms with E-state index in [1.54, 1.807) is 0 Å². The molecule has 0 bridgehead atoms. The average molecular weight is 307 g/mol. The minimum atomic E-state index is 0.348. The zero-order chi connectivity index (χ0) is 16.5. The molecule has 0 N–H and O–H groups in total. The Kier molecular flexibility index (Phi) is 5.45. The van der Waals surface area contributed by atoms with E-state index in [1.165, 1.54) is 38.5 Å². The molecule has 0 aromatic rings. The van der Waals surface area contributed by atoms with Gasteiger partial charge in [-0.15, -0.1) is 0 Å². The van der Waals surface area contributed by atoms with Crippen LogP contribution in [0.25, 0.3) is 0 Å². The van der Waals surface area contributed by atoms with Gasteiger partial charge in [0.25, 0.3) is 0 Å². The van der Waals surface area contributed by atoms with Gasteiger partial charge in [0.05, 0.1) is 0 Å². The monoisotopic (exact) mass is 306 g/mol. The Labute approximate surface area is 138 Å². The molecule has 2 saturated carbocycles. The van der Waals surface area contributed by atoms with E-state index < -0.39 is 0 Å². The fourth-order valence-electron chi connectivity index (χ4n) is 5.60. The van der Waals surface area contributed by atoms with Crippen molar-refractivity contribution in [2.45, 2.75) is 92.9 Å². The van der Waals surface area contributed by atoms with Gasteiger partial charge in [-0.1, -0.05) is 67.2 Å². The maximum Gasteiger partial charge on any atom is 0.133 e. The van der Waals surface area contributed by atoms with Crippen molar-refractivity contribution in [1.82, 2.24) is 0 Å². The highest BCUT2D eigenvalue weighted by Crippen LogP contribution is 2.48. The Morgan fingerprint density at radius 3 is 1.50 bits per heavy atom. The van der Waals surface area contributed by atoms with Crippen LogP contribution in [0.3, 0.4) is 0 Å². The molecule has 22 heavy (non-hydrogen) atoms. The van der Waals surface area contributed by atoms with E-state index in [1.807, 2.05) is 0 Å². The summed E-state index contributed by atoms with van der Waals surface area (Å²) in [6, 6.07) is 0. The fourth-order valence-corrected chi connectivity index (χ4v) is 5.60. The molecule has 128 valence electrons. The standard InChI is InChI=1S/C21H38O/c1-15-9-7-11-20(3,4)18(15)13-17(22)14-19-16(2)10-8-12-21(19,5)6/h15-16,18-19H,7-14H2,1-6H3. The van der Waals surface area contributed by atoms with Crippen LogP contribution in [-0.2, 0) is 4.79 Å². The molecule has 4 unspecified atom stereocenters. The zero-order valence-electron chi connectivity index (χ0n) is 15.9. The molecule has 1 heteroatoms. The molecular formula is C21H38O. The predicted octanol–water partition coefficient (Wildman–Crippen LogP) is 6.26. The number of carbonyl (C=O) groups excluding carboxylic acids is 1. The lowest BCUT2D eigenvalue weighted by atomic mass is 9.60. The van der Waals surface area contributed by atoms with Crippen molar-refractivity contribution >= 4 is 5.78 Å². The second-order valence-corrected chi connectivity index (χ2v) is 9.88. The molecule has 2 fully saturated rings. The van der Waals surface area contributed by atoms with Gasteiger partial charge >= 0.3 is 0 Å². The normalized spacial score (nSPS) is 37.7. The van der Waals surface area contributed by atoms with Gasteiger partial charge < -0.3 is 0 Å². The molecule has 2 aliphatic carbocycles. The van der Waals surface area contributed by atoms with Gasteiger partial charge in [0.1, 0.15) is 5.78 Å². The lowest BCUT2D eigenvalue weighted by molar-refractivity contribution is -0.125. The number of carbonyl (C=O) groups is 1. The van der Waals surface area contributed by atoms with E-state index in [0.717, 1.165) is 12.8 Å². The Balaban J connectivity index is 1.99. The van der Waals surface area contributed by atoms with Crippen LogP contribution in [0.5, 0.6) is 0 Å². The highest BCUT2D eigenvalue weighted by Gasteiger charge is 2.41. The second kappa shape index (κ2) is 6.65. The Morgan fingerprint density at radius 1 is 0.818 bits per heavy atom. The number of hydrogen-bond acceptors (Lipinski definition) is 1. The minimum Gasteiger partial charge on any atom is -0.300 e. The van der Waals surface area contributed by atoms with Crippen LogP contribution >= 0.6 is 0 Å². The third-order valence-corrected chi connectivity index (χ3v) is 7.24. The Hall–Kier alpha value is -0.330. The maximum atomic E-state index is 12.8. The van der Waals surface area contributed by atoms with Gasteiger partial charge in [0.15, 0.2) is 0 Å². The number of rotatable bonds is 4. The average Bonchev–Trinajstić information content (AvgIpc) is 2.38. The number of Topliss-reactive ketones (excluding diaryl/α,β-unsaturated/α-hetero) is 1. The second-order valence-electron chi connectivity index (χ2n) is 9.88. The zero-order valence-corrected chi connectivity index (χ0v) is 15.9. The molecule has 0 aromatic heterocycles. The van der Waals surface area contributed by atoms with Crippen molar-refractivity contribution in [3.63, 3.8) is 0 Å². The predicted molar refractivity (Wildman–Crippen MR) is 94.8 cm³/mol. The van der Waals surface area contributed by atoms with Crippen LogP contribution in [0.1, 0.15) is 92.9 Å². The van der Waals surface area contributed by atoms with Crippen molar-refractivity contribution in [2.75, 3.05) is 0 Å². The first-order chi connectivity index (χ1) is 10.1. The lowest BCUT2D eigenvalue weighted by Crippen LogP contribution is -2.38. The molecule has 2 rings (SSSR count). The summed E-state index contributed by atoms with van der Waals surface area (Å²) in [6.45, 7) is 14.3. The van der Waals surface area contributed by atoms with Crippen LogP contribution < -0.4 is 0 Å². The van der Waals surface area contributed by atoms with E-state index in [4.69, 9.17) is 0 Å². The Bertz CT molecular complexity index is 357. The van der Waals surface area contributed by atoms with Crippen molar-refractivity contribution in [2.24, 2.45) is 34.5 Å². The molecule has 0 radical (unpaired) electrons. The molecule has 2 aliphatic rings. The summed E-state index contributed by atoms with van der Waals surface area (Å²) in [5, 5.41) is 0. The van der Waals surface area contributed by atoms with Gasteiger partial charge in [-0.25, -0.2) is 0 Å². The summed E-state index contributed by atoms with van der Waals surface area (Å²) in [4.78, 5) is 12.8. The smallest absolute Gasteiger partial charge is 0.133 e. The van der Waals surface area contributed by atoms with Crippen LogP contribution in [0.2, 0.25) is 0 Å². The van der Waals surface area contributed by atoms with Crippen LogP contribution in [0, 0.1) is 34.5 Å². The van der Waals surface area contributed by atoms with Crippen molar-refractivity contribution in [1.29, 1.82) is 0 Å². The van der Waals surface area contributed by atoms with Crippen LogP contribution in [-0.4, -0.2) is 5.78 Å². The molecule has 0 amide bonds. The first-order valence-corrected chi connectivity index (χ1v) is 9.65. The van der Waals surface area contributed by atoms with E-state index in [9.17, 15) is 4.79 Å². The molecule has 0 spiro atoms. The van der Waals surface area contributed by atoms with Gasteiger partial charge in [0.2, 0.25) is 0 Å². The van der Waals surface area contributed by atoms with Crippen molar-refractivity contribution in [3.05, 3.63) is 0 Å². The van der Waals surface area contributed by atoms with Gasteiger partial charge in [-0.05, 0) is 47.3 Å². The third-order valence-electron chi connectivity index (χ3n) is 7.24. The molecule has 4 atom stereocenters. The number of hydrogen-bond donors (Lipinski definition) is 0. The molecule has 0 heterocycles. The van der Waals surface area contributed by atoms with Crippen molar-refractivity contribution < 1.29 is 4.79 Å². The quantitative estimate of drug-likeness (QED) is 0.599. The van der Waals surface area contributed by atoms with E-state index >= 15 is 0 Å². The Morgan fingerprint density at radius 2 is 1.18 bits per heavy atom. The lowest BCUT2D eigenvalue weighted by Gasteiger charge is -2.45. The van der Waals surface area contributed by atoms with E-state index in [2.05, 4.69) is 41.5 Å². The molecule has 1 nitrogen and oxygen atoms in total. The van der Waals surface area contributed by atoms with E-state index in [-0.39, 0.29) is 0 Å². The van der Waals surface area contributed by atoms with Crippen LogP contribution in [0.4, 0.5) is 0 Å². The summed E-state index contributed by atoms with van der Waals surface area (Å²) in [5.74, 6) is 3.15. The third kappa shape index (κ3) is 3.95. The van der Waals surface area contributed by atoms with Gasteiger partial charge in [-0.2, -0.15) is 0 Å². The fraction of sp³-hybridized carbons (Fsp3) is 0.952. The van der Waals surface area contributed by atoms with Crippen molar-refractivity contribution in [3.8, 4) is 0 Å². The maximum absolute atomic E-state index is 12.8. The van der Waals surface area contributed by atoms with Gasteiger partial charge in [-0.3, -0.25) is 4.79 Å². The molecule has 0 aromatic carbocycles. The largest absolute Gasteiger partial charge is 0.300 e. The highest BCUT2D eigenvalue weighted by atomic mass is 16.1. The summed E-state index contributed by atoms with van der Waals surface area (Å²) >= 11 is 0. The minimum absolute atomic E-state index is 0.348. The molecule has 0 saturated heterocycles. The summed E-state index contributed by atoms with van der Waals surface area (Å²) < 4.78 is 0. The SMILES string of the molecule is CC1CCCC(C)(C)C1CC(=O)CC1C(C)CCCC1(C)C.